The molecule has 0 N–H and O–H groups in total. The number of piperidine rings is 1. The van der Waals surface area contributed by atoms with E-state index in [-0.39, 0.29) is 0 Å². The number of rotatable bonds is 4. The Hall–Kier alpha value is -0.0400. The van der Waals surface area contributed by atoms with Crippen molar-refractivity contribution < 1.29 is 0 Å². The van der Waals surface area contributed by atoms with Crippen molar-refractivity contribution in [3.63, 3.8) is 0 Å². The lowest BCUT2D eigenvalue weighted by molar-refractivity contribution is 0.117. The third-order valence-electron chi connectivity index (χ3n) is 3.85. The molecule has 1 aliphatic rings. The first-order valence-corrected chi connectivity index (χ1v) is 6.39. The van der Waals surface area contributed by atoms with Gasteiger partial charge in [0.2, 0.25) is 0 Å². The van der Waals surface area contributed by atoms with Gasteiger partial charge >= 0.3 is 0 Å². The normalized spacial score (nSPS) is 22.9. The fourth-order valence-corrected chi connectivity index (χ4v) is 2.63. The summed E-state index contributed by atoms with van der Waals surface area (Å²) in [6.45, 7) is 12.1. The lowest BCUT2D eigenvalue weighted by Crippen LogP contribution is -2.40. The van der Waals surface area contributed by atoms with E-state index in [9.17, 15) is 0 Å². The molecule has 1 heterocycles. The Morgan fingerprint density at radius 3 is 2.14 bits per heavy atom. The molecule has 14 heavy (non-hydrogen) atoms. The average molecular weight is 197 g/mol. The van der Waals surface area contributed by atoms with Crippen molar-refractivity contribution in [2.45, 2.75) is 59.4 Å². The fraction of sp³-hybridized carbons (Fsp3) is 1.00. The van der Waals surface area contributed by atoms with Crippen LogP contribution in [0.2, 0.25) is 0 Å². The van der Waals surface area contributed by atoms with Crippen LogP contribution in [0.5, 0.6) is 0 Å². The molecular formula is C13H27N. The van der Waals surface area contributed by atoms with Crippen molar-refractivity contribution >= 4 is 0 Å². The molecule has 0 spiro atoms. The van der Waals surface area contributed by atoms with Gasteiger partial charge in [-0.1, -0.05) is 27.2 Å². The fourth-order valence-electron chi connectivity index (χ4n) is 2.63. The summed E-state index contributed by atoms with van der Waals surface area (Å²) in [6, 6.07) is 0.813. The van der Waals surface area contributed by atoms with E-state index in [0.29, 0.717) is 0 Å². The van der Waals surface area contributed by atoms with E-state index in [1.807, 2.05) is 0 Å². The Bertz CT molecular complexity index is 145. The Morgan fingerprint density at radius 1 is 1.14 bits per heavy atom. The first-order chi connectivity index (χ1) is 6.65. The zero-order valence-corrected chi connectivity index (χ0v) is 10.4. The largest absolute Gasteiger partial charge is 0.301 e. The van der Waals surface area contributed by atoms with Crippen LogP contribution in [-0.4, -0.2) is 24.0 Å². The minimum atomic E-state index is 0.813. The molecule has 0 saturated carbocycles. The van der Waals surface area contributed by atoms with Crippen molar-refractivity contribution in [1.82, 2.24) is 4.90 Å². The van der Waals surface area contributed by atoms with Gasteiger partial charge in [0.25, 0.3) is 0 Å². The van der Waals surface area contributed by atoms with Gasteiger partial charge in [-0.15, -0.1) is 0 Å². The van der Waals surface area contributed by atoms with Gasteiger partial charge in [0.05, 0.1) is 0 Å². The summed E-state index contributed by atoms with van der Waals surface area (Å²) in [7, 11) is 0. The Labute approximate surface area is 89.9 Å². The molecule has 1 fully saturated rings. The van der Waals surface area contributed by atoms with Crippen LogP contribution in [0.4, 0.5) is 0 Å². The van der Waals surface area contributed by atoms with Gasteiger partial charge in [-0.2, -0.15) is 0 Å². The molecule has 0 aromatic rings. The van der Waals surface area contributed by atoms with Gasteiger partial charge in [-0.25, -0.2) is 0 Å². The molecule has 0 radical (unpaired) electrons. The van der Waals surface area contributed by atoms with Crippen molar-refractivity contribution in [2.24, 2.45) is 11.8 Å². The SMILES string of the molecule is CCCC(C)N1CCC(C(C)C)CC1. The molecule has 1 unspecified atom stereocenters. The monoisotopic (exact) mass is 197 g/mol. The minimum Gasteiger partial charge on any atom is -0.301 e. The van der Waals surface area contributed by atoms with Gasteiger partial charge in [0, 0.05) is 6.04 Å². The van der Waals surface area contributed by atoms with Gasteiger partial charge in [0.1, 0.15) is 0 Å². The average Bonchev–Trinajstić information content (AvgIpc) is 2.18. The second kappa shape index (κ2) is 5.75. The maximum atomic E-state index is 2.68. The van der Waals surface area contributed by atoms with Gasteiger partial charge < -0.3 is 4.90 Å². The summed E-state index contributed by atoms with van der Waals surface area (Å²) in [6.07, 6.45) is 5.54. The van der Waals surface area contributed by atoms with Crippen molar-refractivity contribution in [1.29, 1.82) is 0 Å². The first-order valence-electron chi connectivity index (χ1n) is 6.39. The highest BCUT2D eigenvalue weighted by atomic mass is 15.2. The van der Waals surface area contributed by atoms with Crippen LogP contribution >= 0.6 is 0 Å². The minimum absolute atomic E-state index is 0.813. The van der Waals surface area contributed by atoms with E-state index < -0.39 is 0 Å². The summed E-state index contributed by atoms with van der Waals surface area (Å²) >= 11 is 0. The summed E-state index contributed by atoms with van der Waals surface area (Å²) in [4.78, 5) is 2.68. The lowest BCUT2D eigenvalue weighted by atomic mass is 9.86. The Morgan fingerprint density at radius 2 is 1.71 bits per heavy atom. The molecule has 0 aliphatic carbocycles. The molecule has 1 saturated heterocycles. The quantitative estimate of drug-likeness (QED) is 0.666. The van der Waals surface area contributed by atoms with E-state index in [4.69, 9.17) is 0 Å². The molecule has 1 heteroatoms. The molecule has 1 aliphatic heterocycles. The summed E-state index contributed by atoms with van der Waals surface area (Å²) in [5.41, 5.74) is 0. The van der Waals surface area contributed by atoms with Crippen molar-refractivity contribution in [3.05, 3.63) is 0 Å². The predicted molar refractivity (Wildman–Crippen MR) is 63.5 cm³/mol. The van der Waals surface area contributed by atoms with Crippen LogP contribution in [0.15, 0.2) is 0 Å². The third kappa shape index (κ3) is 3.27. The Balaban J connectivity index is 2.28. The maximum absolute atomic E-state index is 2.68. The van der Waals surface area contributed by atoms with Gasteiger partial charge in [-0.3, -0.25) is 0 Å². The smallest absolute Gasteiger partial charge is 0.00668 e. The molecule has 0 aromatic heterocycles. The summed E-state index contributed by atoms with van der Waals surface area (Å²) in [5, 5.41) is 0. The van der Waals surface area contributed by atoms with E-state index in [2.05, 4.69) is 32.6 Å². The highest BCUT2D eigenvalue weighted by Gasteiger charge is 2.23. The van der Waals surface area contributed by atoms with Crippen molar-refractivity contribution in [3.8, 4) is 0 Å². The van der Waals surface area contributed by atoms with Gasteiger partial charge in [0.15, 0.2) is 0 Å². The summed E-state index contributed by atoms with van der Waals surface area (Å²) in [5.74, 6) is 1.87. The van der Waals surface area contributed by atoms with E-state index in [1.54, 1.807) is 0 Å². The van der Waals surface area contributed by atoms with Crippen LogP contribution in [0.3, 0.4) is 0 Å². The number of likely N-dealkylation sites (tertiary alicyclic amines) is 1. The van der Waals surface area contributed by atoms with E-state index in [0.717, 1.165) is 17.9 Å². The van der Waals surface area contributed by atoms with Crippen molar-refractivity contribution in [2.75, 3.05) is 13.1 Å². The molecule has 0 bridgehead atoms. The Kier molecular flexibility index (Phi) is 4.94. The van der Waals surface area contributed by atoms with E-state index in [1.165, 1.54) is 38.8 Å². The number of nitrogens with zero attached hydrogens (tertiary/aromatic N) is 1. The zero-order valence-electron chi connectivity index (χ0n) is 10.4. The highest BCUT2D eigenvalue weighted by Crippen LogP contribution is 2.25. The molecule has 1 nitrogen and oxygen atoms in total. The molecule has 84 valence electrons. The van der Waals surface area contributed by atoms with Crippen LogP contribution in [0, 0.1) is 11.8 Å². The number of hydrogen-bond donors (Lipinski definition) is 0. The second-order valence-corrected chi connectivity index (χ2v) is 5.26. The molecule has 1 atom stereocenters. The molecular weight excluding hydrogens is 170 g/mol. The van der Waals surface area contributed by atoms with Crippen LogP contribution in [0.25, 0.3) is 0 Å². The molecule has 1 rings (SSSR count). The summed E-state index contributed by atoms with van der Waals surface area (Å²) < 4.78 is 0. The van der Waals surface area contributed by atoms with E-state index >= 15 is 0 Å². The topological polar surface area (TPSA) is 3.24 Å². The van der Waals surface area contributed by atoms with Crippen LogP contribution in [-0.2, 0) is 0 Å². The number of hydrogen-bond acceptors (Lipinski definition) is 1. The second-order valence-electron chi connectivity index (χ2n) is 5.26. The highest BCUT2D eigenvalue weighted by molar-refractivity contribution is 4.77. The van der Waals surface area contributed by atoms with Crippen LogP contribution in [0.1, 0.15) is 53.4 Å². The third-order valence-corrected chi connectivity index (χ3v) is 3.85. The first kappa shape index (κ1) is 12.0. The lowest BCUT2D eigenvalue weighted by Gasteiger charge is -2.37. The maximum Gasteiger partial charge on any atom is 0.00668 e. The molecule has 0 amide bonds. The predicted octanol–water partition coefficient (Wildman–Crippen LogP) is 3.54. The standard InChI is InChI=1S/C13H27N/c1-5-6-12(4)14-9-7-13(8-10-14)11(2)3/h11-13H,5-10H2,1-4H3. The zero-order chi connectivity index (χ0) is 10.6. The molecule has 0 aromatic carbocycles. The van der Waals surface area contributed by atoms with Crippen LogP contribution < -0.4 is 0 Å². The van der Waals surface area contributed by atoms with Gasteiger partial charge in [-0.05, 0) is 51.1 Å².